The molecule has 3 aromatic carbocycles. The van der Waals surface area contributed by atoms with E-state index in [0.29, 0.717) is 11.5 Å². The lowest BCUT2D eigenvalue weighted by Gasteiger charge is -2.19. The number of hydrogen-bond donors (Lipinski definition) is 3. The number of ether oxygens (including phenoxy) is 1. The Kier molecular flexibility index (Phi) is 6.17. The van der Waals surface area contributed by atoms with Gasteiger partial charge in [0.25, 0.3) is 0 Å². The van der Waals surface area contributed by atoms with E-state index < -0.39 is 12.1 Å². The zero-order chi connectivity index (χ0) is 21.6. The Hall–Kier alpha value is -3.80. The van der Waals surface area contributed by atoms with Gasteiger partial charge in [0.15, 0.2) is 0 Å². The molecule has 3 aromatic rings. The number of nitrogens with one attached hydrogen (secondary N) is 2. The number of nitrogens with two attached hydrogens (primary N) is 1. The predicted molar refractivity (Wildman–Crippen MR) is 120 cm³/mol. The molecular weight excluding hydrogens is 390 g/mol. The maximum atomic E-state index is 12.7. The predicted octanol–water partition coefficient (Wildman–Crippen LogP) is 4.71. The molecule has 158 valence electrons. The summed E-state index contributed by atoms with van der Waals surface area (Å²) in [5.74, 6) is 1.11. The first-order valence-corrected chi connectivity index (χ1v) is 10.4. The summed E-state index contributed by atoms with van der Waals surface area (Å²) >= 11 is 0. The highest BCUT2D eigenvalue weighted by molar-refractivity contribution is 5.91. The number of aryl methyl sites for hydroxylation is 2. The minimum atomic E-state index is -0.690. The van der Waals surface area contributed by atoms with Gasteiger partial charge in [-0.05, 0) is 72.4 Å². The normalized spacial score (nSPS) is 13.2. The van der Waals surface area contributed by atoms with Gasteiger partial charge in [0, 0.05) is 5.69 Å². The molecule has 1 aliphatic rings. The molecular formula is C25H25N3O3. The summed E-state index contributed by atoms with van der Waals surface area (Å²) in [6, 6.07) is 21.4. The van der Waals surface area contributed by atoms with Crippen LogP contribution in [0.1, 0.15) is 35.6 Å². The van der Waals surface area contributed by atoms with Crippen molar-refractivity contribution in [3.8, 4) is 11.5 Å². The van der Waals surface area contributed by atoms with E-state index in [2.05, 4.69) is 16.7 Å². The first-order valence-electron chi connectivity index (χ1n) is 10.4. The average Bonchev–Trinajstić information content (AvgIpc) is 3.22. The van der Waals surface area contributed by atoms with Crippen LogP contribution in [0.5, 0.6) is 11.5 Å². The third-order valence-corrected chi connectivity index (χ3v) is 5.33. The Labute approximate surface area is 181 Å². The van der Waals surface area contributed by atoms with Crippen LogP contribution in [0.2, 0.25) is 0 Å². The van der Waals surface area contributed by atoms with Gasteiger partial charge in [0.2, 0.25) is 5.91 Å². The van der Waals surface area contributed by atoms with Crippen LogP contribution in [-0.2, 0) is 17.6 Å². The summed E-state index contributed by atoms with van der Waals surface area (Å²) in [6.45, 7) is 0. The smallest absolute Gasteiger partial charge is 0.312 e. The van der Waals surface area contributed by atoms with Gasteiger partial charge in [-0.3, -0.25) is 4.79 Å². The second-order valence-corrected chi connectivity index (χ2v) is 7.64. The lowest BCUT2D eigenvalue weighted by Crippen LogP contribution is -2.35. The quantitative estimate of drug-likeness (QED) is 0.522. The molecule has 0 aromatic heterocycles. The fourth-order valence-corrected chi connectivity index (χ4v) is 3.89. The zero-order valence-corrected chi connectivity index (χ0v) is 17.1. The molecule has 6 nitrogen and oxygen atoms in total. The molecule has 3 amide bonds. The van der Waals surface area contributed by atoms with Gasteiger partial charge >= 0.3 is 6.03 Å². The molecule has 0 bridgehead atoms. The number of fused-ring (bicyclic) bond motifs is 1. The first-order chi connectivity index (χ1) is 15.1. The van der Waals surface area contributed by atoms with Crippen LogP contribution in [0.3, 0.4) is 0 Å². The number of primary amides is 1. The third-order valence-electron chi connectivity index (χ3n) is 5.33. The van der Waals surface area contributed by atoms with Gasteiger partial charge in [-0.2, -0.15) is 0 Å². The van der Waals surface area contributed by atoms with Crippen molar-refractivity contribution in [3.05, 3.63) is 89.5 Å². The lowest BCUT2D eigenvalue weighted by atomic mass is 10.0. The van der Waals surface area contributed by atoms with Crippen molar-refractivity contribution in [1.29, 1.82) is 0 Å². The van der Waals surface area contributed by atoms with Crippen LogP contribution in [0.4, 0.5) is 10.5 Å². The summed E-state index contributed by atoms with van der Waals surface area (Å²) in [7, 11) is 0. The van der Waals surface area contributed by atoms with E-state index in [9.17, 15) is 9.59 Å². The van der Waals surface area contributed by atoms with Gasteiger partial charge in [-0.25, -0.2) is 4.79 Å². The molecule has 1 unspecified atom stereocenters. The molecule has 0 heterocycles. The topological polar surface area (TPSA) is 93.5 Å². The van der Waals surface area contributed by atoms with Gasteiger partial charge in [-0.1, -0.05) is 36.4 Å². The SMILES string of the molecule is NC(=O)NC(CC(=O)Nc1ccc2c(c1)CCC2)c1cccc(Oc2ccccc2)c1. The van der Waals surface area contributed by atoms with E-state index in [1.54, 1.807) is 6.07 Å². The summed E-state index contributed by atoms with van der Waals surface area (Å²) in [5.41, 5.74) is 9.51. The summed E-state index contributed by atoms with van der Waals surface area (Å²) < 4.78 is 5.87. The molecule has 4 rings (SSSR count). The highest BCUT2D eigenvalue weighted by Crippen LogP contribution is 2.27. The summed E-state index contributed by atoms with van der Waals surface area (Å²) in [5, 5.41) is 5.61. The van der Waals surface area contributed by atoms with Gasteiger partial charge in [0.1, 0.15) is 11.5 Å². The third kappa shape index (κ3) is 5.42. The van der Waals surface area contributed by atoms with Crippen LogP contribution in [-0.4, -0.2) is 11.9 Å². The molecule has 0 saturated heterocycles. The second-order valence-electron chi connectivity index (χ2n) is 7.64. The van der Waals surface area contributed by atoms with Crippen molar-refractivity contribution in [2.24, 2.45) is 5.73 Å². The standard InChI is InChI=1S/C25H25N3O3/c26-25(30)28-23(16-24(29)27-20-13-12-17-6-4-7-18(17)14-20)19-8-5-11-22(15-19)31-21-9-2-1-3-10-21/h1-3,5,8-15,23H,4,6-7,16H2,(H,27,29)(H3,26,28,30). The fraction of sp³-hybridized carbons (Fsp3) is 0.200. The fourth-order valence-electron chi connectivity index (χ4n) is 3.89. The van der Waals surface area contributed by atoms with Crippen molar-refractivity contribution in [2.75, 3.05) is 5.32 Å². The van der Waals surface area contributed by atoms with Crippen molar-refractivity contribution in [1.82, 2.24) is 5.32 Å². The Bertz CT molecular complexity index is 1080. The number of carbonyl (C=O) groups excluding carboxylic acids is 2. The van der Waals surface area contributed by atoms with Gasteiger partial charge in [-0.15, -0.1) is 0 Å². The molecule has 6 heteroatoms. The van der Waals surface area contributed by atoms with Crippen LogP contribution < -0.4 is 21.1 Å². The average molecular weight is 415 g/mol. The van der Waals surface area contributed by atoms with Crippen LogP contribution >= 0.6 is 0 Å². The van der Waals surface area contributed by atoms with Gasteiger partial charge in [0.05, 0.1) is 12.5 Å². The Balaban J connectivity index is 1.47. The number of hydrogen-bond acceptors (Lipinski definition) is 3. The van der Waals surface area contributed by atoms with Crippen molar-refractivity contribution in [3.63, 3.8) is 0 Å². The highest BCUT2D eigenvalue weighted by atomic mass is 16.5. The molecule has 0 radical (unpaired) electrons. The monoisotopic (exact) mass is 415 g/mol. The molecule has 1 aliphatic carbocycles. The number of carbonyl (C=O) groups is 2. The van der Waals surface area contributed by atoms with Crippen molar-refractivity contribution >= 4 is 17.6 Å². The Morgan fingerprint density at radius 3 is 2.48 bits per heavy atom. The van der Waals surface area contributed by atoms with Crippen LogP contribution in [0, 0.1) is 0 Å². The van der Waals surface area contributed by atoms with Crippen LogP contribution in [0.15, 0.2) is 72.8 Å². The molecule has 1 atom stereocenters. The number of benzene rings is 3. The maximum Gasteiger partial charge on any atom is 0.312 e. The number of urea groups is 1. The van der Waals surface area contributed by atoms with Gasteiger partial charge < -0.3 is 21.1 Å². The van der Waals surface area contributed by atoms with E-state index in [-0.39, 0.29) is 12.3 Å². The Morgan fingerprint density at radius 2 is 1.68 bits per heavy atom. The molecule has 0 fully saturated rings. The largest absolute Gasteiger partial charge is 0.457 e. The number of rotatable bonds is 7. The summed E-state index contributed by atoms with van der Waals surface area (Å²) in [4.78, 5) is 24.3. The zero-order valence-electron chi connectivity index (χ0n) is 17.1. The molecule has 4 N–H and O–H groups in total. The van der Waals surface area contributed by atoms with E-state index in [0.717, 1.165) is 30.5 Å². The van der Waals surface area contributed by atoms with E-state index in [1.165, 1.54) is 11.1 Å². The van der Waals surface area contributed by atoms with Crippen LogP contribution in [0.25, 0.3) is 0 Å². The minimum Gasteiger partial charge on any atom is -0.457 e. The minimum absolute atomic E-state index is 0.0504. The molecule has 0 saturated carbocycles. The molecule has 31 heavy (non-hydrogen) atoms. The van der Waals surface area contributed by atoms with E-state index >= 15 is 0 Å². The van der Waals surface area contributed by atoms with Crippen molar-refractivity contribution < 1.29 is 14.3 Å². The van der Waals surface area contributed by atoms with E-state index in [1.807, 2.05) is 60.7 Å². The maximum absolute atomic E-state index is 12.7. The number of amides is 3. The first kappa shape index (κ1) is 20.5. The molecule has 0 spiro atoms. The Morgan fingerprint density at radius 1 is 0.903 bits per heavy atom. The molecule has 0 aliphatic heterocycles. The lowest BCUT2D eigenvalue weighted by molar-refractivity contribution is -0.116. The number of para-hydroxylation sites is 1. The second kappa shape index (κ2) is 9.34. The summed E-state index contributed by atoms with van der Waals surface area (Å²) in [6.07, 6.45) is 3.34. The number of anilines is 1. The highest BCUT2D eigenvalue weighted by Gasteiger charge is 2.19. The van der Waals surface area contributed by atoms with Crippen molar-refractivity contribution in [2.45, 2.75) is 31.7 Å². The van der Waals surface area contributed by atoms with E-state index in [4.69, 9.17) is 10.5 Å².